The Morgan fingerprint density at radius 3 is 2.59 bits per heavy atom. The molecule has 0 atom stereocenters. The number of nitrogens with one attached hydrogen (secondary N) is 2. The van der Waals surface area contributed by atoms with Crippen molar-refractivity contribution in [2.45, 2.75) is 26.2 Å². The summed E-state index contributed by atoms with van der Waals surface area (Å²) in [6.07, 6.45) is 4.84. The van der Waals surface area contributed by atoms with Crippen LogP contribution in [0.1, 0.15) is 26.2 Å². The molecule has 0 radical (unpaired) electrons. The van der Waals surface area contributed by atoms with Gasteiger partial charge >= 0.3 is 0 Å². The highest BCUT2D eigenvalue weighted by atomic mass is 16.3. The molecule has 1 aliphatic carbocycles. The fourth-order valence-electron chi connectivity index (χ4n) is 1.94. The highest BCUT2D eigenvalue weighted by Gasteiger charge is 2.41. The van der Waals surface area contributed by atoms with E-state index in [1.54, 1.807) is 6.33 Å². The smallest absolute Gasteiger partial charge is 0.131 e. The maximum Gasteiger partial charge on any atom is 0.131 e. The first-order valence-corrected chi connectivity index (χ1v) is 6.19. The number of nitrogens with zero attached hydrogens (tertiary/aromatic N) is 2. The first-order chi connectivity index (χ1) is 8.28. The number of hydrogen-bond acceptors (Lipinski definition) is 5. The van der Waals surface area contributed by atoms with E-state index in [1.165, 1.54) is 12.8 Å². The highest BCUT2D eigenvalue weighted by molar-refractivity contribution is 5.46. The molecule has 17 heavy (non-hydrogen) atoms. The van der Waals surface area contributed by atoms with Gasteiger partial charge in [0.2, 0.25) is 0 Å². The number of hydrogen-bond donors (Lipinski definition) is 3. The van der Waals surface area contributed by atoms with Crippen LogP contribution < -0.4 is 10.6 Å². The summed E-state index contributed by atoms with van der Waals surface area (Å²) < 4.78 is 0. The Bertz CT molecular complexity index is 365. The molecule has 1 heterocycles. The molecule has 0 aliphatic heterocycles. The van der Waals surface area contributed by atoms with Crippen LogP contribution in [0, 0.1) is 5.41 Å². The molecule has 0 saturated heterocycles. The minimum Gasteiger partial charge on any atom is -0.396 e. The number of aromatic nitrogens is 2. The third-order valence-electron chi connectivity index (χ3n) is 3.27. The zero-order chi connectivity index (χ0) is 12.1. The molecule has 0 spiro atoms. The van der Waals surface area contributed by atoms with Crippen molar-refractivity contribution in [3.63, 3.8) is 0 Å². The van der Waals surface area contributed by atoms with Crippen LogP contribution in [0.4, 0.5) is 11.6 Å². The SMILES string of the molecule is CCNc1cc(NCC2(CCO)CC2)ncn1. The molecule has 1 aromatic rings. The summed E-state index contributed by atoms with van der Waals surface area (Å²) in [7, 11) is 0. The molecule has 0 bridgehead atoms. The summed E-state index contributed by atoms with van der Waals surface area (Å²) in [4.78, 5) is 8.31. The van der Waals surface area contributed by atoms with Gasteiger partial charge in [-0.3, -0.25) is 0 Å². The Labute approximate surface area is 102 Å². The average molecular weight is 236 g/mol. The maximum atomic E-state index is 8.99. The predicted octanol–water partition coefficient (Wildman–Crippen LogP) is 1.48. The molecule has 5 nitrogen and oxygen atoms in total. The van der Waals surface area contributed by atoms with Gasteiger partial charge < -0.3 is 15.7 Å². The summed E-state index contributed by atoms with van der Waals surface area (Å²) in [6.45, 7) is 4.05. The van der Waals surface area contributed by atoms with Gasteiger partial charge in [-0.25, -0.2) is 9.97 Å². The standard InChI is InChI=1S/C12H20N4O/c1-2-13-10-7-11(16-9-15-10)14-8-12(3-4-12)5-6-17/h7,9,17H,2-6,8H2,1H3,(H2,13,14,15,16). The molecule has 1 saturated carbocycles. The van der Waals surface area contributed by atoms with Gasteiger partial charge in [0.1, 0.15) is 18.0 Å². The van der Waals surface area contributed by atoms with E-state index in [2.05, 4.69) is 20.6 Å². The van der Waals surface area contributed by atoms with Crippen LogP contribution in [-0.2, 0) is 0 Å². The van der Waals surface area contributed by atoms with E-state index < -0.39 is 0 Å². The van der Waals surface area contributed by atoms with Crippen LogP contribution in [0.25, 0.3) is 0 Å². The van der Waals surface area contributed by atoms with Crippen LogP contribution in [0.15, 0.2) is 12.4 Å². The molecule has 5 heteroatoms. The largest absolute Gasteiger partial charge is 0.396 e. The van der Waals surface area contributed by atoms with E-state index in [0.717, 1.165) is 31.1 Å². The van der Waals surface area contributed by atoms with Crippen molar-refractivity contribution in [2.75, 3.05) is 30.3 Å². The zero-order valence-corrected chi connectivity index (χ0v) is 10.2. The van der Waals surface area contributed by atoms with Gasteiger partial charge in [0, 0.05) is 25.8 Å². The Morgan fingerprint density at radius 2 is 2.00 bits per heavy atom. The van der Waals surface area contributed by atoms with E-state index in [-0.39, 0.29) is 6.61 Å². The molecule has 0 aromatic carbocycles. The minimum atomic E-state index is 0.272. The Kier molecular flexibility index (Phi) is 3.78. The normalized spacial score (nSPS) is 16.6. The second kappa shape index (κ2) is 5.31. The Hall–Kier alpha value is -1.36. The van der Waals surface area contributed by atoms with Crippen molar-refractivity contribution in [2.24, 2.45) is 5.41 Å². The van der Waals surface area contributed by atoms with E-state index >= 15 is 0 Å². The topological polar surface area (TPSA) is 70.1 Å². The fourth-order valence-corrected chi connectivity index (χ4v) is 1.94. The zero-order valence-electron chi connectivity index (χ0n) is 10.2. The fraction of sp³-hybridized carbons (Fsp3) is 0.667. The maximum absolute atomic E-state index is 8.99. The number of anilines is 2. The summed E-state index contributed by atoms with van der Waals surface area (Å²) in [6, 6.07) is 1.92. The number of rotatable bonds is 7. The second-order valence-corrected chi connectivity index (χ2v) is 4.65. The highest BCUT2D eigenvalue weighted by Crippen LogP contribution is 2.48. The van der Waals surface area contributed by atoms with Gasteiger partial charge in [0.05, 0.1) is 0 Å². The summed E-state index contributed by atoms with van der Waals surface area (Å²) in [5.74, 6) is 1.69. The van der Waals surface area contributed by atoms with Crippen LogP contribution in [0.5, 0.6) is 0 Å². The van der Waals surface area contributed by atoms with Crippen LogP contribution in [0.2, 0.25) is 0 Å². The third-order valence-corrected chi connectivity index (χ3v) is 3.27. The lowest BCUT2D eigenvalue weighted by molar-refractivity contribution is 0.253. The van der Waals surface area contributed by atoms with Crippen molar-refractivity contribution >= 4 is 11.6 Å². The molecular weight excluding hydrogens is 216 g/mol. The number of aliphatic hydroxyl groups is 1. The molecule has 94 valence electrons. The summed E-state index contributed by atoms with van der Waals surface area (Å²) in [5.41, 5.74) is 0.304. The van der Waals surface area contributed by atoms with E-state index in [4.69, 9.17) is 5.11 Å². The predicted molar refractivity (Wildman–Crippen MR) is 68.1 cm³/mol. The first kappa shape index (κ1) is 12.1. The summed E-state index contributed by atoms with van der Waals surface area (Å²) >= 11 is 0. The van der Waals surface area contributed by atoms with Crippen LogP contribution >= 0.6 is 0 Å². The number of aliphatic hydroxyl groups excluding tert-OH is 1. The van der Waals surface area contributed by atoms with Crippen LogP contribution in [0.3, 0.4) is 0 Å². The van der Waals surface area contributed by atoms with Crippen molar-refractivity contribution in [1.29, 1.82) is 0 Å². The van der Waals surface area contributed by atoms with Gasteiger partial charge in [0.15, 0.2) is 0 Å². The first-order valence-electron chi connectivity index (χ1n) is 6.19. The van der Waals surface area contributed by atoms with Gasteiger partial charge in [-0.1, -0.05) is 0 Å². The third kappa shape index (κ3) is 3.30. The quantitative estimate of drug-likeness (QED) is 0.669. The Balaban J connectivity index is 1.88. The minimum absolute atomic E-state index is 0.272. The lowest BCUT2D eigenvalue weighted by atomic mass is 10.0. The molecule has 1 aliphatic rings. The molecule has 1 aromatic heterocycles. The average Bonchev–Trinajstić information content (AvgIpc) is 3.09. The van der Waals surface area contributed by atoms with E-state index in [9.17, 15) is 0 Å². The van der Waals surface area contributed by atoms with Gasteiger partial charge in [-0.05, 0) is 31.6 Å². The van der Waals surface area contributed by atoms with Crippen molar-refractivity contribution in [3.8, 4) is 0 Å². The van der Waals surface area contributed by atoms with E-state index in [1.807, 2.05) is 13.0 Å². The second-order valence-electron chi connectivity index (χ2n) is 4.65. The molecule has 2 rings (SSSR count). The molecule has 3 N–H and O–H groups in total. The lowest BCUT2D eigenvalue weighted by Gasteiger charge is -2.15. The monoisotopic (exact) mass is 236 g/mol. The molecule has 0 amide bonds. The van der Waals surface area contributed by atoms with Gasteiger partial charge in [-0.15, -0.1) is 0 Å². The van der Waals surface area contributed by atoms with Gasteiger partial charge in [-0.2, -0.15) is 0 Å². The Morgan fingerprint density at radius 1 is 1.29 bits per heavy atom. The molecule has 1 fully saturated rings. The van der Waals surface area contributed by atoms with Gasteiger partial charge in [0.25, 0.3) is 0 Å². The van der Waals surface area contributed by atoms with Crippen LogP contribution in [-0.4, -0.2) is 34.8 Å². The molecular formula is C12H20N4O. The van der Waals surface area contributed by atoms with Crippen molar-refractivity contribution < 1.29 is 5.11 Å². The van der Waals surface area contributed by atoms with E-state index in [0.29, 0.717) is 5.41 Å². The lowest BCUT2D eigenvalue weighted by Crippen LogP contribution is -2.17. The van der Waals surface area contributed by atoms with Crippen molar-refractivity contribution in [1.82, 2.24) is 9.97 Å². The van der Waals surface area contributed by atoms with Crippen molar-refractivity contribution in [3.05, 3.63) is 12.4 Å². The summed E-state index contributed by atoms with van der Waals surface area (Å²) in [5, 5.41) is 15.5. The molecule has 0 unspecified atom stereocenters.